The summed E-state index contributed by atoms with van der Waals surface area (Å²) in [6, 6.07) is 3.06. The van der Waals surface area contributed by atoms with Crippen molar-refractivity contribution < 1.29 is 14.1 Å². The topological polar surface area (TPSA) is 72.2 Å². The van der Waals surface area contributed by atoms with Crippen molar-refractivity contribution in [3.05, 3.63) is 39.7 Å². The fraction of sp³-hybridized carbons (Fsp3) is 0.300. The molecule has 5 nitrogen and oxygen atoms in total. The zero-order valence-corrected chi connectivity index (χ0v) is 8.70. The molecule has 1 aromatic carbocycles. The van der Waals surface area contributed by atoms with Crippen molar-refractivity contribution in [1.29, 1.82) is 0 Å². The summed E-state index contributed by atoms with van der Waals surface area (Å²) >= 11 is 0. The number of nitrogens with one attached hydrogen (secondary N) is 1. The molecule has 0 heterocycles. The van der Waals surface area contributed by atoms with Crippen molar-refractivity contribution in [3.8, 4) is 0 Å². The molecule has 1 N–H and O–H groups in total. The first-order chi connectivity index (χ1) is 7.56. The van der Waals surface area contributed by atoms with Crippen LogP contribution >= 0.6 is 0 Å². The van der Waals surface area contributed by atoms with Crippen molar-refractivity contribution in [3.63, 3.8) is 0 Å². The van der Waals surface area contributed by atoms with Gasteiger partial charge in [-0.2, -0.15) is 4.39 Å². The maximum Gasteiger partial charge on any atom is 0.305 e. The number of nitro benzene ring substituents is 1. The summed E-state index contributed by atoms with van der Waals surface area (Å²) in [6.45, 7) is 2.36. The van der Waals surface area contributed by atoms with E-state index in [2.05, 4.69) is 5.32 Å². The Kier molecular flexibility index (Phi) is 3.93. The van der Waals surface area contributed by atoms with Crippen LogP contribution in [0.25, 0.3) is 0 Å². The van der Waals surface area contributed by atoms with Gasteiger partial charge in [-0.05, 0) is 18.6 Å². The van der Waals surface area contributed by atoms with Crippen molar-refractivity contribution in [2.45, 2.75) is 13.3 Å². The van der Waals surface area contributed by atoms with Crippen LogP contribution in [0, 0.1) is 15.9 Å². The SMILES string of the molecule is CCCNC(=O)c1ccc(F)c([N+](=O)[O-])c1. The third-order valence-electron chi connectivity index (χ3n) is 1.94. The van der Waals surface area contributed by atoms with Crippen LogP contribution in [-0.4, -0.2) is 17.4 Å². The molecule has 86 valence electrons. The number of carbonyl (C=O) groups excluding carboxylic acids is 1. The van der Waals surface area contributed by atoms with E-state index < -0.39 is 22.3 Å². The van der Waals surface area contributed by atoms with Crippen LogP contribution in [0.3, 0.4) is 0 Å². The van der Waals surface area contributed by atoms with E-state index >= 15 is 0 Å². The molecule has 0 saturated heterocycles. The highest BCUT2D eigenvalue weighted by molar-refractivity contribution is 5.94. The van der Waals surface area contributed by atoms with Crippen LogP contribution in [0.15, 0.2) is 18.2 Å². The lowest BCUT2D eigenvalue weighted by atomic mass is 10.2. The number of benzene rings is 1. The first-order valence-corrected chi connectivity index (χ1v) is 4.78. The van der Waals surface area contributed by atoms with Crippen LogP contribution in [0.5, 0.6) is 0 Å². The Hall–Kier alpha value is -1.98. The van der Waals surface area contributed by atoms with Gasteiger partial charge in [0.1, 0.15) is 0 Å². The molecule has 0 aliphatic rings. The Labute approximate surface area is 91.4 Å². The van der Waals surface area contributed by atoms with Gasteiger partial charge in [0.2, 0.25) is 5.82 Å². The lowest BCUT2D eigenvalue weighted by Crippen LogP contribution is -2.24. The highest BCUT2D eigenvalue weighted by atomic mass is 19.1. The third-order valence-corrected chi connectivity index (χ3v) is 1.94. The van der Waals surface area contributed by atoms with Crippen molar-refractivity contribution >= 4 is 11.6 Å². The Morgan fingerprint density at radius 1 is 1.56 bits per heavy atom. The van der Waals surface area contributed by atoms with Gasteiger partial charge in [-0.25, -0.2) is 0 Å². The van der Waals surface area contributed by atoms with E-state index in [1.165, 1.54) is 6.07 Å². The molecule has 0 spiro atoms. The highest BCUT2D eigenvalue weighted by Gasteiger charge is 2.16. The predicted octanol–water partition coefficient (Wildman–Crippen LogP) is 1.87. The fourth-order valence-electron chi connectivity index (χ4n) is 1.13. The number of rotatable bonds is 4. The molecular weight excluding hydrogens is 215 g/mol. The number of hydrogen-bond donors (Lipinski definition) is 1. The maximum absolute atomic E-state index is 13.0. The second-order valence-corrected chi connectivity index (χ2v) is 3.18. The molecule has 1 rings (SSSR count). The van der Waals surface area contributed by atoms with Gasteiger partial charge < -0.3 is 5.32 Å². The molecule has 1 aromatic rings. The van der Waals surface area contributed by atoms with Crippen molar-refractivity contribution in [2.24, 2.45) is 0 Å². The quantitative estimate of drug-likeness (QED) is 0.629. The van der Waals surface area contributed by atoms with Gasteiger partial charge in [0.05, 0.1) is 4.92 Å². The van der Waals surface area contributed by atoms with E-state index in [4.69, 9.17) is 0 Å². The largest absolute Gasteiger partial charge is 0.352 e. The summed E-state index contributed by atoms with van der Waals surface area (Å²) in [5.74, 6) is -1.39. The number of halogens is 1. The number of nitrogens with zero attached hydrogens (tertiary/aromatic N) is 1. The third kappa shape index (κ3) is 2.75. The van der Waals surface area contributed by atoms with Gasteiger partial charge in [0.25, 0.3) is 5.91 Å². The van der Waals surface area contributed by atoms with Gasteiger partial charge in [-0.15, -0.1) is 0 Å². The first kappa shape index (κ1) is 12.1. The van der Waals surface area contributed by atoms with E-state index in [-0.39, 0.29) is 5.56 Å². The summed E-state index contributed by atoms with van der Waals surface area (Å²) in [6.07, 6.45) is 0.759. The van der Waals surface area contributed by atoms with Crippen molar-refractivity contribution in [1.82, 2.24) is 5.32 Å². The molecule has 0 aromatic heterocycles. The lowest BCUT2D eigenvalue weighted by Gasteiger charge is -2.03. The van der Waals surface area contributed by atoms with Crippen LogP contribution in [-0.2, 0) is 0 Å². The minimum absolute atomic E-state index is 0.0848. The lowest BCUT2D eigenvalue weighted by molar-refractivity contribution is -0.387. The normalized spacial score (nSPS) is 9.88. The molecule has 0 unspecified atom stereocenters. The van der Waals surface area contributed by atoms with Crippen LogP contribution in [0.2, 0.25) is 0 Å². The van der Waals surface area contributed by atoms with Gasteiger partial charge in [-0.3, -0.25) is 14.9 Å². The number of nitro groups is 1. The fourth-order valence-corrected chi connectivity index (χ4v) is 1.13. The van der Waals surface area contributed by atoms with Crippen molar-refractivity contribution in [2.75, 3.05) is 6.54 Å². The molecule has 0 aliphatic heterocycles. The van der Waals surface area contributed by atoms with E-state index in [1.807, 2.05) is 6.92 Å². The van der Waals surface area contributed by atoms with E-state index in [0.29, 0.717) is 6.54 Å². The molecule has 1 amide bonds. The molecule has 16 heavy (non-hydrogen) atoms. The number of amides is 1. The molecule has 6 heteroatoms. The maximum atomic E-state index is 13.0. The summed E-state index contributed by atoms with van der Waals surface area (Å²) in [4.78, 5) is 21.0. The van der Waals surface area contributed by atoms with Crippen LogP contribution in [0.4, 0.5) is 10.1 Å². The van der Waals surface area contributed by atoms with E-state index in [0.717, 1.165) is 18.6 Å². The average molecular weight is 226 g/mol. The molecule has 0 saturated carbocycles. The molecule has 0 atom stereocenters. The molecule has 0 radical (unpaired) electrons. The zero-order valence-electron chi connectivity index (χ0n) is 8.70. The van der Waals surface area contributed by atoms with Gasteiger partial charge in [0.15, 0.2) is 0 Å². The zero-order chi connectivity index (χ0) is 12.1. The number of carbonyl (C=O) groups is 1. The van der Waals surface area contributed by atoms with Gasteiger partial charge >= 0.3 is 5.69 Å². The van der Waals surface area contributed by atoms with Gasteiger partial charge in [0, 0.05) is 18.2 Å². The second-order valence-electron chi connectivity index (χ2n) is 3.18. The van der Waals surface area contributed by atoms with E-state index in [9.17, 15) is 19.3 Å². The Morgan fingerprint density at radius 3 is 2.81 bits per heavy atom. The standard InChI is InChI=1S/C10H11FN2O3/c1-2-5-12-10(14)7-3-4-8(11)9(6-7)13(15)16/h3-4,6H,2,5H2,1H3,(H,12,14). The molecule has 0 aliphatic carbocycles. The second kappa shape index (κ2) is 5.20. The minimum Gasteiger partial charge on any atom is -0.352 e. The monoisotopic (exact) mass is 226 g/mol. The first-order valence-electron chi connectivity index (χ1n) is 4.78. The summed E-state index contributed by atoms with van der Waals surface area (Å²) in [7, 11) is 0. The molecular formula is C10H11FN2O3. The Morgan fingerprint density at radius 2 is 2.25 bits per heavy atom. The summed E-state index contributed by atoms with van der Waals surface area (Å²) in [5, 5.41) is 13.0. The van der Waals surface area contributed by atoms with E-state index in [1.54, 1.807) is 0 Å². The van der Waals surface area contributed by atoms with Gasteiger partial charge in [-0.1, -0.05) is 6.92 Å². The number of hydrogen-bond acceptors (Lipinski definition) is 3. The predicted molar refractivity (Wildman–Crippen MR) is 55.7 cm³/mol. The average Bonchev–Trinajstić information content (AvgIpc) is 2.26. The molecule has 0 bridgehead atoms. The van der Waals surface area contributed by atoms with Crippen LogP contribution in [0.1, 0.15) is 23.7 Å². The summed E-state index contributed by atoms with van der Waals surface area (Å²) < 4.78 is 13.0. The molecule has 0 fully saturated rings. The van der Waals surface area contributed by atoms with Crippen LogP contribution < -0.4 is 5.32 Å². The smallest absolute Gasteiger partial charge is 0.305 e. The Bertz CT molecular complexity index is 421. The minimum atomic E-state index is -0.947. The highest BCUT2D eigenvalue weighted by Crippen LogP contribution is 2.18. The summed E-state index contributed by atoms with van der Waals surface area (Å²) in [5.41, 5.74) is -0.606. The Balaban J connectivity index is 2.94.